The maximum Gasteiger partial charge on any atom is -0.00271 e. The fourth-order valence-corrected chi connectivity index (χ4v) is 9.39. The summed E-state index contributed by atoms with van der Waals surface area (Å²) in [5, 5.41) is 21.6. The fourth-order valence-electron chi connectivity index (χ4n) is 9.39. The Labute approximate surface area is 403 Å². The molecule has 0 N–H and O–H groups in total. The van der Waals surface area contributed by atoms with E-state index in [0.717, 1.165) is 0 Å². The lowest BCUT2D eigenvalue weighted by molar-refractivity contribution is 1.50. The maximum atomic E-state index is 2.68. The Morgan fingerprint density at radius 3 is 0.824 bits per heavy atom. The van der Waals surface area contributed by atoms with Crippen LogP contribution in [0.4, 0.5) is 0 Å². The van der Waals surface area contributed by atoms with E-state index in [9.17, 15) is 0 Å². The summed E-state index contributed by atoms with van der Waals surface area (Å²) in [4.78, 5) is 0. The molecule has 0 atom stereocenters. The van der Waals surface area contributed by atoms with Crippen LogP contribution >= 0.6 is 0 Å². The minimum Gasteiger partial charge on any atom is -0.107 e. The molecule has 12 aromatic rings. The standard InChI is InChI=1S/4C16H14.C4H6/c1-11-3-7-15-13(9-11)5-6-14-10-12(2)4-8-16(14)15;1-11-3-5-13-7-8-14-6-4-12(2)10-16(14)15(13)9-11;1-11-5-3-7-15-13(11)9-10-14-12(2)6-4-8-16(14)15;1-11-6-7-13-8-9-14-12(2)4-3-5-15(14)16(13)10-11;1-3-4-2/h4*3-10H,1-2H3;1-2H3. The Hall–Kier alpha value is -7.72. The molecule has 334 valence electrons. The molecular formula is C68H62. The number of hydrogen-bond acceptors (Lipinski definition) is 0. The van der Waals surface area contributed by atoms with Crippen LogP contribution in [-0.4, -0.2) is 0 Å². The molecule has 0 nitrogen and oxygen atoms in total. The second kappa shape index (κ2) is 20.8. The van der Waals surface area contributed by atoms with Crippen molar-refractivity contribution in [3.63, 3.8) is 0 Å². The summed E-state index contributed by atoms with van der Waals surface area (Å²) in [7, 11) is 0. The number of hydrogen-bond donors (Lipinski definition) is 0. The lowest BCUT2D eigenvalue weighted by atomic mass is 9.97. The van der Waals surface area contributed by atoms with Gasteiger partial charge < -0.3 is 0 Å². The van der Waals surface area contributed by atoms with Gasteiger partial charge in [-0.25, -0.2) is 0 Å². The van der Waals surface area contributed by atoms with Crippen LogP contribution in [0.15, 0.2) is 194 Å². The predicted molar refractivity (Wildman–Crippen MR) is 303 cm³/mol. The first kappa shape index (κ1) is 46.8. The summed E-state index contributed by atoms with van der Waals surface area (Å²) in [6.45, 7) is 20.9. The molecule has 0 aliphatic rings. The number of fused-ring (bicyclic) bond motifs is 12. The van der Waals surface area contributed by atoms with Crippen LogP contribution in [0.25, 0.3) is 86.2 Å². The highest BCUT2D eigenvalue weighted by Gasteiger charge is 2.05. The van der Waals surface area contributed by atoms with E-state index in [2.05, 4.69) is 261 Å². The van der Waals surface area contributed by atoms with Gasteiger partial charge in [-0.3, -0.25) is 0 Å². The minimum absolute atomic E-state index is 1.32. The normalized spacial score (nSPS) is 10.7. The van der Waals surface area contributed by atoms with Crippen LogP contribution in [0.2, 0.25) is 0 Å². The smallest absolute Gasteiger partial charge is 0.00271 e. The van der Waals surface area contributed by atoms with Gasteiger partial charge >= 0.3 is 0 Å². The molecule has 0 heterocycles. The Bertz CT molecular complexity index is 3530. The van der Waals surface area contributed by atoms with Crippen molar-refractivity contribution in [2.45, 2.75) is 69.2 Å². The largest absolute Gasteiger partial charge is 0.107 e. The Morgan fingerprint density at radius 1 is 0.206 bits per heavy atom. The highest BCUT2D eigenvalue weighted by atomic mass is 14.1. The molecule has 0 aliphatic heterocycles. The average molecular weight is 879 g/mol. The molecule has 0 saturated carbocycles. The molecule has 0 saturated heterocycles. The molecular weight excluding hydrogens is 817 g/mol. The van der Waals surface area contributed by atoms with E-state index >= 15 is 0 Å². The third-order valence-corrected chi connectivity index (χ3v) is 13.2. The molecule has 0 heteroatoms. The van der Waals surface area contributed by atoms with Crippen molar-refractivity contribution in [2.24, 2.45) is 0 Å². The van der Waals surface area contributed by atoms with Gasteiger partial charge in [-0.15, -0.1) is 11.8 Å². The minimum atomic E-state index is 1.32. The van der Waals surface area contributed by atoms with Gasteiger partial charge in [0.25, 0.3) is 0 Å². The van der Waals surface area contributed by atoms with Crippen molar-refractivity contribution in [3.8, 4) is 11.8 Å². The van der Waals surface area contributed by atoms with Crippen LogP contribution in [-0.2, 0) is 0 Å². The first-order chi connectivity index (χ1) is 32.9. The molecule has 68 heavy (non-hydrogen) atoms. The van der Waals surface area contributed by atoms with Crippen molar-refractivity contribution < 1.29 is 0 Å². The number of aryl methyl sites for hydroxylation is 8. The predicted octanol–water partition coefficient (Wildman–Crippen LogP) is 19.5. The van der Waals surface area contributed by atoms with Gasteiger partial charge in [0.15, 0.2) is 0 Å². The zero-order chi connectivity index (χ0) is 47.9. The topological polar surface area (TPSA) is 0 Å². The monoisotopic (exact) mass is 878 g/mol. The Morgan fingerprint density at radius 2 is 0.456 bits per heavy atom. The van der Waals surface area contributed by atoms with Crippen molar-refractivity contribution in [1.29, 1.82) is 0 Å². The van der Waals surface area contributed by atoms with Gasteiger partial charge in [0.05, 0.1) is 0 Å². The number of benzene rings is 12. The van der Waals surface area contributed by atoms with Gasteiger partial charge in [-0.2, -0.15) is 0 Å². The third kappa shape index (κ3) is 10.3. The third-order valence-electron chi connectivity index (χ3n) is 13.2. The zero-order valence-corrected chi connectivity index (χ0v) is 41.5. The summed E-state index contributed by atoms with van der Waals surface area (Å²) in [6, 6.07) is 70.5. The molecule has 0 aromatic heterocycles. The van der Waals surface area contributed by atoms with Gasteiger partial charge in [-0.1, -0.05) is 222 Å². The van der Waals surface area contributed by atoms with E-state index in [1.165, 1.54) is 131 Å². The lowest BCUT2D eigenvalue weighted by Crippen LogP contribution is -1.82. The molecule has 12 rings (SSSR count). The second-order valence-electron chi connectivity index (χ2n) is 18.4. The van der Waals surface area contributed by atoms with Crippen LogP contribution in [0.5, 0.6) is 0 Å². The van der Waals surface area contributed by atoms with Crippen molar-refractivity contribution in [3.05, 3.63) is 239 Å². The molecule has 0 spiro atoms. The highest BCUT2D eigenvalue weighted by molar-refractivity contribution is 6.11. The summed E-state index contributed by atoms with van der Waals surface area (Å²) in [5.41, 5.74) is 10.6. The SMILES string of the molecule is CC#CC.Cc1ccc2c(ccc3cc(C)ccc32)c1.Cc1ccc2ccc3c(C)cccc3c2c1.Cc1ccc2ccc3ccc(C)cc3c2c1.Cc1cccc2c1ccc1c(C)cccc12. The highest BCUT2D eigenvalue weighted by Crippen LogP contribution is 2.31. The van der Waals surface area contributed by atoms with Crippen LogP contribution in [0, 0.1) is 67.2 Å². The van der Waals surface area contributed by atoms with E-state index in [1.807, 2.05) is 13.8 Å². The van der Waals surface area contributed by atoms with Gasteiger partial charge in [0, 0.05) is 0 Å². The molecule has 12 aromatic carbocycles. The van der Waals surface area contributed by atoms with Crippen LogP contribution in [0.3, 0.4) is 0 Å². The van der Waals surface area contributed by atoms with E-state index in [-0.39, 0.29) is 0 Å². The molecule has 0 aliphatic carbocycles. The fraction of sp³-hybridized carbons (Fsp3) is 0.147. The molecule has 0 bridgehead atoms. The van der Waals surface area contributed by atoms with Crippen LogP contribution < -0.4 is 0 Å². The first-order valence-electron chi connectivity index (χ1n) is 23.8. The summed E-state index contributed by atoms with van der Waals surface area (Å²) >= 11 is 0. The van der Waals surface area contributed by atoms with E-state index in [4.69, 9.17) is 0 Å². The van der Waals surface area contributed by atoms with Gasteiger partial charge in [0.1, 0.15) is 0 Å². The summed E-state index contributed by atoms with van der Waals surface area (Å²) in [6.07, 6.45) is 0. The van der Waals surface area contributed by atoms with E-state index in [1.54, 1.807) is 0 Å². The van der Waals surface area contributed by atoms with Crippen molar-refractivity contribution in [2.75, 3.05) is 0 Å². The van der Waals surface area contributed by atoms with Crippen LogP contribution in [0.1, 0.15) is 58.4 Å². The first-order valence-corrected chi connectivity index (χ1v) is 23.8. The number of rotatable bonds is 0. The molecule has 0 amide bonds. The second-order valence-corrected chi connectivity index (χ2v) is 18.4. The average Bonchev–Trinajstić information content (AvgIpc) is 3.34. The molecule has 0 unspecified atom stereocenters. The maximum absolute atomic E-state index is 2.68. The quantitative estimate of drug-likeness (QED) is 0.105. The van der Waals surface area contributed by atoms with Gasteiger partial charge in [0.2, 0.25) is 0 Å². The molecule has 0 fully saturated rings. The lowest BCUT2D eigenvalue weighted by Gasteiger charge is -2.07. The van der Waals surface area contributed by atoms with E-state index < -0.39 is 0 Å². The van der Waals surface area contributed by atoms with E-state index in [0.29, 0.717) is 0 Å². The molecule has 0 radical (unpaired) electrons. The Balaban J connectivity index is 0.000000119. The van der Waals surface area contributed by atoms with Crippen molar-refractivity contribution in [1.82, 2.24) is 0 Å². The zero-order valence-electron chi connectivity index (χ0n) is 41.5. The van der Waals surface area contributed by atoms with Crippen molar-refractivity contribution >= 4 is 86.2 Å². The summed E-state index contributed by atoms with van der Waals surface area (Å²) < 4.78 is 0. The summed E-state index contributed by atoms with van der Waals surface area (Å²) in [5.74, 6) is 5.36. The Kier molecular flexibility index (Phi) is 14.3. The van der Waals surface area contributed by atoms with Gasteiger partial charge in [-0.05, 0) is 172 Å².